The molecule has 1 aromatic heterocycles. The topological polar surface area (TPSA) is 80.1 Å². The minimum Gasteiger partial charge on any atom is -0.337 e. The number of hydrogen-bond acceptors (Lipinski definition) is 4. The number of alkyl halides is 2. The van der Waals surface area contributed by atoms with E-state index in [1.807, 2.05) is 20.8 Å². The van der Waals surface area contributed by atoms with Crippen LogP contribution >= 0.6 is 0 Å². The summed E-state index contributed by atoms with van der Waals surface area (Å²) in [6.45, 7) is 5.90. The van der Waals surface area contributed by atoms with E-state index in [2.05, 4.69) is 15.6 Å². The molecule has 2 heterocycles. The average Bonchev–Trinajstić information content (AvgIpc) is 2.92. The summed E-state index contributed by atoms with van der Waals surface area (Å²) in [5, 5.41) is 9.37. The molecule has 0 aromatic carbocycles. The van der Waals surface area contributed by atoms with Crippen molar-refractivity contribution in [1.29, 1.82) is 0 Å². The van der Waals surface area contributed by atoms with Gasteiger partial charge in [0.15, 0.2) is 5.82 Å². The predicted octanol–water partition coefficient (Wildman–Crippen LogP) is 1.34. The predicted molar refractivity (Wildman–Crippen MR) is 74.2 cm³/mol. The molecule has 2 amide bonds. The molecule has 7 nitrogen and oxygen atoms in total. The fraction of sp³-hybridized carbons (Fsp3) is 0.692. The Bertz CT molecular complexity index is 594. The maximum Gasteiger partial charge on any atom is 0.283 e. The third-order valence-electron chi connectivity index (χ3n) is 3.62. The standard InChI is InChI=1S/C13H19F2N5O2/c1-13(2,3)20-6-7(5-8(20)21)12(22)16-11-9(10(14)15)19(4)18-17-11/h7,10H,5-6H2,1-4H3,(H,16,22). The van der Waals surface area contributed by atoms with Gasteiger partial charge in [-0.2, -0.15) is 0 Å². The summed E-state index contributed by atoms with van der Waals surface area (Å²) >= 11 is 0. The first kappa shape index (κ1) is 16.3. The number of aryl methyl sites for hydroxylation is 1. The Morgan fingerprint density at radius 2 is 2.05 bits per heavy atom. The van der Waals surface area contributed by atoms with E-state index in [0.29, 0.717) is 0 Å². The summed E-state index contributed by atoms with van der Waals surface area (Å²) < 4.78 is 26.7. The van der Waals surface area contributed by atoms with Crippen molar-refractivity contribution < 1.29 is 18.4 Å². The van der Waals surface area contributed by atoms with Gasteiger partial charge < -0.3 is 10.2 Å². The van der Waals surface area contributed by atoms with Crippen LogP contribution in [-0.4, -0.2) is 43.8 Å². The van der Waals surface area contributed by atoms with E-state index in [4.69, 9.17) is 0 Å². The fourth-order valence-electron chi connectivity index (χ4n) is 2.45. The lowest BCUT2D eigenvalue weighted by atomic mass is 10.1. The second-order valence-corrected chi connectivity index (χ2v) is 6.31. The monoisotopic (exact) mass is 315 g/mol. The molecule has 0 saturated carbocycles. The van der Waals surface area contributed by atoms with E-state index in [1.165, 1.54) is 7.05 Å². The Balaban J connectivity index is 2.10. The molecule has 9 heteroatoms. The number of nitrogens with one attached hydrogen (secondary N) is 1. The average molecular weight is 315 g/mol. The Hall–Kier alpha value is -2.06. The van der Waals surface area contributed by atoms with Crippen molar-refractivity contribution in [2.75, 3.05) is 11.9 Å². The highest BCUT2D eigenvalue weighted by Crippen LogP contribution is 2.28. The van der Waals surface area contributed by atoms with Crippen molar-refractivity contribution in [3.8, 4) is 0 Å². The molecule has 0 aliphatic carbocycles. The molecule has 1 N–H and O–H groups in total. The van der Waals surface area contributed by atoms with Gasteiger partial charge in [0.25, 0.3) is 6.43 Å². The van der Waals surface area contributed by atoms with Gasteiger partial charge >= 0.3 is 0 Å². The van der Waals surface area contributed by atoms with Crippen molar-refractivity contribution in [2.45, 2.75) is 39.2 Å². The first-order valence-electron chi connectivity index (χ1n) is 6.90. The zero-order valence-corrected chi connectivity index (χ0v) is 12.9. The van der Waals surface area contributed by atoms with Gasteiger partial charge in [0.1, 0.15) is 5.69 Å². The van der Waals surface area contributed by atoms with Crippen LogP contribution in [0, 0.1) is 5.92 Å². The second kappa shape index (κ2) is 5.62. The maximum absolute atomic E-state index is 12.9. The molecule has 0 radical (unpaired) electrons. The number of carbonyl (C=O) groups excluding carboxylic acids is 2. The number of carbonyl (C=O) groups is 2. The van der Waals surface area contributed by atoms with E-state index in [0.717, 1.165) is 4.68 Å². The molecule has 1 saturated heterocycles. The SMILES string of the molecule is Cn1nnc(NC(=O)C2CC(=O)N(C(C)(C)C)C2)c1C(F)F. The first-order chi connectivity index (χ1) is 10.1. The van der Waals surface area contributed by atoms with Crippen molar-refractivity contribution in [3.63, 3.8) is 0 Å². The van der Waals surface area contributed by atoms with Crippen molar-refractivity contribution >= 4 is 17.6 Å². The summed E-state index contributed by atoms with van der Waals surface area (Å²) in [7, 11) is 1.32. The zero-order chi connectivity index (χ0) is 16.7. The number of amides is 2. The van der Waals surface area contributed by atoms with E-state index in [1.54, 1.807) is 4.90 Å². The van der Waals surface area contributed by atoms with Gasteiger partial charge in [0.2, 0.25) is 11.8 Å². The summed E-state index contributed by atoms with van der Waals surface area (Å²) in [6.07, 6.45) is -2.74. The lowest BCUT2D eigenvalue weighted by Crippen LogP contribution is -2.42. The molecular weight excluding hydrogens is 296 g/mol. The van der Waals surface area contributed by atoms with Gasteiger partial charge in [-0.1, -0.05) is 5.21 Å². The smallest absolute Gasteiger partial charge is 0.283 e. The molecule has 1 aliphatic rings. The lowest BCUT2D eigenvalue weighted by Gasteiger charge is -2.31. The molecular formula is C13H19F2N5O2. The Kier molecular flexibility index (Phi) is 4.17. The van der Waals surface area contributed by atoms with Gasteiger partial charge in [-0.3, -0.25) is 9.59 Å². The highest BCUT2D eigenvalue weighted by molar-refractivity contribution is 5.97. The van der Waals surface area contributed by atoms with Gasteiger partial charge in [-0.15, -0.1) is 5.10 Å². The molecule has 1 atom stereocenters. The number of anilines is 1. The van der Waals surface area contributed by atoms with Crippen LogP contribution in [0.25, 0.3) is 0 Å². The summed E-state index contributed by atoms with van der Waals surface area (Å²) in [6, 6.07) is 0. The van der Waals surface area contributed by atoms with E-state index < -0.39 is 23.9 Å². The van der Waals surface area contributed by atoms with Crippen LogP contribution in [0.15, 0.2) is 0 Å². The minimum atomic E-state index is -2.80. The van der Waals surface area contributed by atoms with E-state index in [-0.39, 0.29) is 30.2 Å². The molecule has 122 valence electrons. The lowest BCUT2D eigenvalue weighted by molar-refractivity contribution is -0.131. The molecule has 1 unspecified atom stereocenters. The normalized spacial score (nSPS) is 19.1. The van der Waals surface area contributed by atoms with Crippen LogP contribution in [-0.2, 0) is 16.6 Å². The molecule has 1 aliphatic heterocycles. The molecule has 0 spiro atoms. The number of halogens is 2. The van der Waals surface area contributed by atoms with Gasteiger partial charge in [0, 0.05) is 25.6 Å². The van der Waals surface area contributed by atoms with Crippen LogP contribution in [0.4, 0.5) is 14.6 Å². The maximum atomic E-state index is 12.9. The van der Waals surface area contributed by atoms with Crippen LogP contribution < -0.4 is 5.32 Å². The number of likely N-dealkylation sites (tertiary alicyclic amines) is 1. The number of nitrogens with zero attached hydrogens (tertiary/aromatic N) is 4. The molecule has 2 rings (SSSR count). The quantitative estimate of drug-likeness (QED) is 0.913. The van der Waals surface area contributed by atoms with Crippen LogP contribution in [0.3, 0.4) is 0 Å². The Labute approximate surface area is 126 Å². The summed E-state index contributed by atoms with van der Waals surface area (Å²) in [5.41, 5.74) is -0.836. The van der Waals surface area contributed by atoms with Crippen molar-refractivity contribution in [2.24, 2.45) is 13.0 Å². The van der Waals surface area contributed by atoms with Gasteiger partial charge in [-0.25, -0.2) is 13.5 Å². The van der Waals surface area contributed by atoms with Crippen molar-refractivity contribution in [3.05, 3.63) is 5.69 Å². The molecule has 1 fully saturated rings. The number of aromatic nitrogens is 3. The van der Waals surface area contributed by atoms with Crippen LogP contribution in [0.5, 0.6) is 0 Å². The first-order valence-corrected chi connectivity index (χ1v) is 6.90. The zero-order valence-electron chi connectivity index (χ0n) is 12.9. The Morgan fingerprint density at radius 1 is 1.41 bits per heavy atom. The summed E-state index contributed by atoms with van der Waals surface area (Å²) in [5.74, 6) is -1.47. The van der Waals surface area contributed by atoms with E-state index >= 15 is 0 Å². The Morgan fingerprint density at radius 3 is 2.55 bits per heavy atom. The molecule has 0 bridgehead atoms. The highest BCUT2D eigenvalue weighted by Gasteiger charge is 2.39. The minimum absolute atomic E-state index is 0.0629. The number of rotatable bonds is 3. The van der Waals surface area contributed by atoms with Gasteiger partial charge in [-0.05, 0) is 20.8 Å². The largest absolute Gasteiger partial charge is 0.337 e. The fourth-order valence-corrected chi connectivity index (χ4v) is 2.45. The highest BCUT2D eigenvalue weighted by atomic mass is 19.3. The molecule has 1 aromatic rings. The van der Waals surface area contributed by atoms with Crippen LogP contribution in [0.1, 0.15) is 39.3 Å². The van der Waals surface area contributed by atoms with E-state index in [9.17, 15) is 18.4 Å². The van der Waals surface area contributed by atoms with Gasteiger partial charge in [0.05, 0.1) is 5.92 Å². The van der Waals surface area contributed by atoms with Crippen molar-refractivity contribution in [1.82, 2.24) is 19.9 Å². The molecule has 22 heavy (non-hydrogen) atoms. The third-order valence-corrected chi connectivity index (χ3v) is 3.62. The third kappa shape index (κ3) is 3.07. The second-order valence-electron chi connectivity index (χ2n) is 6.31. The summed E-state index contributed by atoms with van der Waals surface area (Å²) in [4.78, 5) is 25.8. The number of hydrogen-bond donors (Lipinski definition) is 1. The van der Waals surface area contributed by atoms with Crippen LogP contribution in [0.2, 0.25) is 0 Å².